The number of benzene rings is 3. The van der Waals surface area contributed by atoms with Crippen LogP contribution in [0.15, 0.2) is 91.0 Å². The molecule has 40 heavy (non-hydrogen) atoms. The first-order valence-corrected chi connectivity index (χ1v) is 12.9. The zero-order valence-electron chi connectivity index (χ0n) is 22.5. The molecule has 0 radical (unpaired) electrons. The van der Waals surface area contributed by atoms with Gasteiger partial charge in [-0.25, -0.2) is 0 Å². The molecule has 0 amide bonds. The van der Waals surface area contributed by atoms with Crippen LogP contribution >= 0.6 is 0 Å². The third kappa shape index (κ3) is 6.39. The molecule has 3 aromatic carbocycles. The van der Waals surface area contributed by atoms with Crippen molar-refractivity contribution < 1.29 is 43.2 Å². The molecule has 0 bridgehead atoms. The van der Waals surface area contributed by atoms with Gasteiger partial charge in [-0.05, 0) is 16.7 Å². The molecule has 5 atom stereocenters. The van der Waals surface area contributed by atoms with Crippen LogP contribution in [-0.4, -0.2) is 60.3 Å². The molecule has 1 aliphatic rings. The smallest absolute Gasteiger partial charge is 0.303 e. The molecule has 9 nitrogen and oxygen atoms in total. The highest BCUT2D eigenvalue weighted by atomic mass is 16.7. The predicted molar refractivity (Wildman–Crippen MR) is 143 cm³/mol. The Balaban J connectivity index is 1.79. The predicted octanol–water partition coefficient (Wildman–Crippen LogP) is 3.51. The Hall–Kier alpha value is -4.05. The molecule has 3 aromatic rings. The van der Waals surface area contributed by atoms with Crippen LogP contribution in [0.1, 0.15) is 37.5 Å². The highest BCUT2D eigenvalue weighted by Gasteiger charge is 2.52. The average molecular weight is 549 g/mol. The Labute approximate surface area is 232 Å². The second-order valence-electron chi connectivity index (χ2n) is 9.38. The van der Waals surface area contributed by atoms with Gasteiger partial charge in [-0.2, -0.15) is 0 Å². The summed E-state index contributed by atoms with van der Waals surface area (Å²) in [5.74, 6) is -2.15. The van der Waals surface area contributed by atoms with Crippen LogP contribution in [0.3, 0.4) is 0 Å². The van der Waals surface area contributed by atoms with Crippen LogP contribution in [0.5, 0.6) is 0 Å². The van der Waals surface area contributed by atoms with E-state index in [4.69, 9.17) is 23.7 Å². The molecule has 1 fully saturated rings. The Morgan fingerprint density at radius 2 is 1.02 bits per heavy atom. The van der Waals surface area contributed by atoms with E-state index in [1.165, 1.54) is 6.92 Å². The summed E-state index contributed by atoms with van der Waals surface area (Å²) in [4.78, 5) is 35.9. The van der Waals surface area contributed by atoms with Gasteiger partial charge < -0.3 is 28.8 Å². The Bertz CT molecular complexity index is 1180. The molecule has 1 aliphatic heterocycles. The van der Waals surface area contributed by atoms with Crippen molar-refractivity contribution in [2.45, 2.75) is 57.1 Å². The van der Waals surface area contributed by atoms with E-state index in [0.29, 0.717) is 0 Å². The van der Waals surface area contributed by atoms with Crippen molar-refractivity contribution in [1.82, 2.24) is 0 Å². The van der Waals surface area contributed by atoms with Crippen molar-refractivity contribution in [2.75, 3.05) is 6.61 Å². The number of carbonyl (C=O) groups is 3. The fraction of sp³-hybridized carbons (Fsp3) is 0.323. The van der Waals surface area contributed by atoms with E-state index in [9.17, 15) is 19.5 Å². The first-order chi connectivity index (χ1) is 19.2. The number of ether oxygens (including phenoxy) is 5. The summed E-state index contributed by atoms with van der Waals surface area (Å²) in [6.07, 6.45) is -6.82. The van der Waals surface area contributed by atoms with Crippen molar-refractivity contribution >= 4 is 17.9 Å². The number of hydrogen-bond acceptors (Lipinski definition) is 9. The van der Waals surface area contributed by atoms with Gasteiger partial charge in [-0.1, -0.05) is 91.0 Å². The van der Waals surface area contributed by atoms with Gasteiger partial charge in [0, 0.05) is 20.8 Å². The molecule has 0 aliphatic carbocycles. The summed E-state index contributed by atoms with van der Waals surface area (Å²) in [6, 6.07) is 28.8. The lowest BCUT2D eigenvalue weighted by Crippen LogP contribution is -2.62. The highest BCUT2D eigenvalue weighted by molar-refractivity contribution is 5.68. The minimum absolute atomic E-state index is 0.210. The van der Waals surface area contributed by atoms with Crippen LogP contribution in [0.4, 0.5) is 0 Å². The van der Waals surface area contributed by atoms with Crippen LogP contribution in [0.25, 0.3) is 0 Å². The first kappa shape index (κ1) is 28.9. The van der Waals surface area contributed by atoms with Gasteiger partial charge in [0.1, 0.15) is 11.7 Å². The molecule has 0 aromatic heterocycles. The topological polar surface area (TPSA) is 118 Å². The zero-order valence-corrected chi connectivity index (χ0v) is 22.5. The second kappa shape index (κ2) is 12.9. The quantitative estimate of drug-likeness (QED) is 0.244. The van der Waals surface area contributed by atoms with Gasteiger partial charge >= 0.3 is 17.9 Å². The maximum Gasteiger partial charge on any atom is 0.303 e. The Kier molecular flexibility index (Phi) is 9.31. The van der Waals surface area contributed by atoms with E-state index in [-0.39, 0.29) is 6.61 Å². The van der Waals surface area contributed by atoms with Crippen LogP contribution < -0.4 is 0 Å². The molecule has 0 spiro atoms. The third-order valence-electron chi connectivity index (χ3n) is 6.52. The lowest BCUT2D eigenvalue weighted by Gasteiger charge is -2.44. The average Bonchev–Trinajstić information content (AvgIpc) is 2.94. The van der Waals surface area contributed by atoms with Gasteiger partial charge in [-0.15, -0.1) is 0 Å². The molecular weight excluding hydrogens is 516 g/mol. The Morgan fingerprint density at radius 3 is 1.43 bits per heavy atom. The van der Waals surface area contributed by atoms with E-state index in [0.717, 1.165) is 30.5 Å². The van der Waals surface area contributed by atoms with Crippen molar-refractivity contribution in [3.8, 4) is 0 Å². The normalized spacial score (nSPS) is 22.6. The van der Waals surface area contributed by atoms with Gasteiger partial charge in [0.25, 0.3) is 0 Å². The molecule has 4 rings (SSSR count). The number of carbonyl (C=O) groups excluding carboxylic acids is 3. The fourth-order valence-corrected chi connectivity index (χ4v) is 4.98. The number of rotatable bonds is 9. The minimum Gasteiger partial charge on any atom is -0.456 e. The molecule has 9 heteroatoms. The van der Waals surface area contributed by atoms with E-state index in [1.807, 2.05) is 91.0 Å². The molecule has 1 unspecified atom stereocenters. The maximum absolute atomic E-state index is 12.1. The molecule has 1 N–H and O–H groups in total. The minimum atomic E-state index is -1.69. The molecule has 1 saturated heterocycles. The lowest BCUT2D eigenvalue weighted by molar-refractivity contribution is -0.299. The summed E-state index contributed by atoms with van der Waals surface area (Å²) in [5, 5.41) is 10.8. The van der Waals surface area contributed by atoms with Crippen LogP contribution in [0.2, 0.25) is 0 Å². The van der Waals surface area contributed by atoms with Gasteiger partial charge in [-0.3, -0.25) is 14.4 Å². The number of esters is 3. The zero-order chi connectivity index (χ0) is 28.7. The standard InChI is InChI=1S/C31H32O9/c1-20(32)37-27-26(40-30(35)29(39-22(3)34)28(27)38-21(2)33)19-36-31(23-13-7-4-8-14-23,24-15-9-5-10-16-24)25-17-11-6-12-18-25/h4-18,26-30,35H,19H2,1-3H3/t26-,27-,28+,29-,30?/m1/s1. The van der Waals surface area contributed by atoms with E-state index in [1.54, 1.807) is 0 Å². The number of aliphatic hydroxyl groups is 1. The largest absolute Gasteiger partial charge is 0.456 e. The number of hydrogen-bond donors (Lipinski definition) is 1. The van der Waals surface area contributed by atoms with Crippen molar-refractivity contribution in [2.24, 2.45) is 0 Å². The molecular formula is C31H32O9. The van der Waals surface area contributed by atoms with Crippen molar-refractivity contribution in [3.05, 3.63) is 108 Å². The lowest BCUT2D eigenvalue weighted by atomic mass is 9.80. The summed E-state index contributed by atoms with van der Waals surface area (Å²) in [5.41, 5.74) is 1.33. The highest BCUT2D eigenvalue weighted by Crippen LogP contribution is 2.41. The monoisotopic (exact) mass is 548 g/mol. The van der Waals surface area contributed by atoms with Gasteiger partial charge in [0.15, 0.2) is 24.6 Å². The summed E-state index contributed by atoms with van der Waals surface area (Å²) in [7, 11) is 0. The van der Waals surface area contributed by atoms with Crippen molar-refractivity contribution in [1.29, 1.82) is 0 Å². The maximum atomic E-state index is 12.1. The van der Waals surface area contributed by atoms with Gasteiger partial charge in [0.2, 0.25) is 0 Å². The summed E-state index contributed by atoms with van der Waals surface area (Å²) in [6.45, 7) is 3.28. The van der Waals surface area contributed by atoms with E-state index in [2.05, 4.69) is 0 Å². The van der Waals surface area contributed by atoms with Gasteiger partial charge in [0.05, 0.1) is 6.61 Å². The van der Waals surface area contributed by atoms with E-state index < -0.39 is 54.2 Å². The molecule has 1 heterocycles. The summed E-state index contributed by atoms with van der Waals surface area (Å²) < 4.78 is 28.8. The first-order valence-electron chi connectivity index (χ1n) is 12.9. The van der Waals surface area contributed by atoms with Crippen LogP contribution in [0, 0.1) is 0 Å². The molecule has 210 valence electrons. The SMILES string of the molecule is CC(=O)O[C@H]1[C@H](OC(C)=O)[C@@H](OC(C)=O)C(O)O[C@@H]1COC(c1ccccc1)(c1ccccc1)c1ccccc1. The number of aliphatic hydroxyl groups excluding tert-OH is 1. The van der Waals surface area contributed by atoms with Crippen LogP contribution in [-0.2, 0) is 43.7 Å². The van der Waals surface area contributed by atoms with E-state index >= 15 is 0 Å². The molecule has 0 saturated carbocycles. The van der Waals surface area contributed by atoms with Crippen molar-refractivity contribution in [3.63, 3.8) is 0 Å². The fourth-order valence-electron chi connectivity index (χ4n) is 4.98. The third-order valence-corrected chi connectivity index (χ3v) is 6.52. The Morgan fingerprint density at radius 1 is 0.650 bits per heavy atom. The second-order valence-corrected chi connectivity index (χ2v) is 9.38. The summed E-state index contributed by atoms with van der Waals surface area (Å²) >= 11 is 0.